The Kier molecular flexibility index (Phi) is 5.71. The van der Waals surface area contributed by atoms with Crippen LogP contribution in [0.15, 0.2) is 78.0 Å². The lowest BCUT2D eigenvalue weighted by atomic mass is 10.1. The molecule has 0 aliphatic carbocycles. The standard InChI is InChI=1S/C26H25N5O3/c27-20-10-8-19(9-11-20)25-26(34)31-14-13-29(17-23(31)28-25)16-22(32)21-7-4-12-30(21)24(33)15-18-5-2-1-3-6-18/h1-3,5-6,8-11,13-14,17,21H,4,7,12,15-16,27H2/t21-/m0/s1. The molecule has 0 aromatic heterocycles. The van der Waals surface area contributed by atoms with Crippen molar-refractivity contribution in [3.63, 3.8) is 0 Å². The molecule has 8 heteroatoms. The van der Waals surface area contributed by atoms with Crippen LogP contribution in [0.25, 0.3) is 17.1 Å². The summed E-state index contributed by atoms with van der Waals surface area (Å²) in [6.07, 6.45) is 6.75. The van der Waals surface area contributed by atoms with Crippen LogP contribution < -0.4 is 11.3 Å². The van der Waals surface area contributed by atoms with Crippen molar-refractivity contribution in [2.24, 2.45) is 0 Å². The predicted molar refractivity (Wildman–Crippen MR) is 129 cm³/mol. The molecule has 0 unspecified atom stereocenters. The lowest BCUT2D eigenvalue weighted by molar-refractivity contribution is -0.137. The highest BCUT2D eigenvalue weighted by atomic mass is 16.2. The normalized spacial score (nSPS) is 15.6. The maximum absolute atomic E-state index is 13.1. The number of rotatable bonds is 6. The Morgan fingerprint density at radius 2 is 1.79 bits per heavy atom. The highest BCUT2D eigenvalue weighted by Gasteiger charge is 2.33. The van der Waals surface area contributed by atoms with Crippen molar-refractivity contribution in [2.75, 3.05) is 12.3 Å². The fraction of sp³-hybridized carbons (Fsp3) is 0.231. The van der Waals surface area contributed by atoms with E-state index in [0.29, 0.717) is 35.7 Å². The number of carbonyl (C=O) groups is 2. The Bertz CT molecular complexity index is 1360. The molecule has 172 valence electrons. The Morgan fingerprint density at radius 3 is 2.56 bits per heavy atom. The molecular weight excluding hydrogens is 430 g/mol. The molecule has 0 spiro atoms. The van der Waals surface area contributed by atoms with Gasteiger partial charge in [-0.25, -0.2) is 4.98 Å². The van der Waals surface area contributed by atoms with E-state index in [1.807, 2.05) is 30.3 Å². The lowest BCUT2D eigenvalue weighted by Crippen LogP contribution is -2.42. The molecule has 34 heavy (non-hydrogen) atoms. The second-order valence-electron chi connectivity index (χ2n) is 8.59. The van der Waals surface area contributed by atoms with Crippen LogP contribution in [0, 0.1) is 0 Å². The number of likely N-dealkylation sites (tertiary alicyclic amines) is 1. The maximum atomic E-state index is 13.1. The average molecular weight is 456 g/mol. The first-order valence-electron chi connectivity index (χ1n) is 11.3. The molecule has 0 bridgehead atoms. The highest BCUT2D eigenvalue weighted by Crippen LogP contribution is 2.21. The van der Waals surface area contributed by atoms with Gasteiger partial charge in [0.25, 0.3) is 5.56 Å². The van der Waals surface area contributed by atoms with Gasteiger partial charge in [-0.2, -0.15) is 0 Å². The van der Waals surface area contributed by atoms with E-state index in [4.69, 9.17) is 5.73 Å². The van der Waals surface area contributed by atoms with Gasteiger partial charge in [0.1, 0.15) is 5.69 Å². The zero-order chi connectivity index (χ0) is 23.7. The van der Waals surface area contributed by atoms with Crippen LogP contribution in [-0.2, 0) is 22.6 Å². The Hall–Kier alpha value is -4.20. The topological polar surface area (TPSA) is 103 Å². The molecule has 0 saturated carbocycles. The largest absolute Gasteiger partial charge is 0.399 e. The van der Waals surface area contributed by atoms with E-state index >= 15 is 0 Å². The summed E-state index contributed by atoms with van der Waals surface area (Å²) < 4.78 is 3.17. The van der Waals surface area contributed by atoms with Gasteiger partial charge in [0.05, 0.1) is 19.0 Å². The molecular formula is C26H25N5O3. The van der Waals surface area contributed by atoms with E-state index in [9.17, 15) is 14.4 Å². The summed E-state index contributed by atoms with van der Waals surface area (Å²) in [5.74, 6) is 0.399. The van der Waals surface area contributed by atoms with Crippen LogP contribution in [0.3, 0.4) is 0 Å². The first-order valence-corrected chi connectivity index (χ1v) is 11.3. The number of amides is 1. The molecule has 3 heterocycles. The van der Waals surface area contributed by atoms with Crippen LogP contribution in [0.4, 0.5) is 5.69 Å². The van der Waals surface area contributed by atoms with E-state index < -0.39 is 6.04 Å². The van der Waals surface area contributed by atoms with Gasteiger partial charge in [0, 0.05) is 36.4 Å². The Morgan fingerprint density at radius 1 is 1.03 bits per heavy atom. The third-order valence-electron chi connectivity index (χ3n) is 6.25. The van der Waals surface area contributed by atoms with E-state index in [1.165, 1.54) is 4.57 Å². The van der Waals surface area contributed by atoms with Crippen molar-refractivity contribution >= 4 is 17.4 Å². The number of hydrogen-bond acceptors (Lipinski definition) is 5. The van der Waals surface area contributed by atoms with Crippen molar-refractivity contribution in [1.82, 2.24) is 19.0 Å². The third kappa shape index (κ3) is 4.22. The molecule has 5 rings (SSSR count). The van der Waals surface area contributed by atoms with Crippen LogP contribution in [0.5, 0.6) is 0 Å². The smallest absolute Gasteiger partial charge is 0.282 e. The van der Waals surface area contributed by atoms with E-state index in [0.717, 1.165) is 12.0 Å². The summed E-state index contributed by atoms with van der Waals surface area (Å²) >= 11 is 0. The van der Waals surface area contributed by atoms with E-state index in [-0.39, 0.29) is 30.2 Å². The van der Waals surface area contributed by atoms with Crippen LogP contribution in [-0.4, -0.2) is 43.3 Å². The molecule has 1 saturated heterocycles. The minimum atomic E-state index is -0.430. The van der Waals surface area contributed by atoms with Crippen molar-refractivity contribution < 1.29 is 9.59 Å². The first kappa shape index (κ1) is 21.6. The second-order valence-corrected chi connectivity index (χ2v) is 8.59. The molecule has 2 N–H and O–H groups in total. The number of carbonyl (C=O) groups excluding carboxylic acids is 2. The number of hydrogen-bond donors (Lipinski definition) is 1. The summed E-state index contributed by atoms with van der Waals surface area (Å²) in [7, 11) is 0. The second kappa shape index (κ2) is 8.97. The van der Waals surface area contributed by atoms with Gasteiger partial charge >= 0.3 is 0 Å². The van der Waals surface area contributed by atoms with Gasteiger partial charge in [0.2, 0.25) is 5.91 Å². The summed E-state index contributed by atoms with van der Waals surface area (Å²) in [5.41, 5.74) is 8.08. The maximum Gasteiger partial charge on any atom is 0.282 e. The van der Waals surface area contributed by atoms with Gasteiger partial charge in [-0.05, 0) is 30.5 Å². The Labute approximate surface area is 196 Å². The van der Waals surface area contributed by atoms with E-state index in [2.05, 4.69) is 4.98 Å². The summed E-state index contributed by atoms with van der Waals surface area (Å²) in [6, 6.07) is 16.1. The monoisotopic (exact) mass is 455 g/mol. The number of imidazole rings is 1. The molecule has 0 radical (unpaired) electrons. The minimum absolute atomic E-state index is 0.0269. The molecule has 8 nitrogen and oxygen atoms in total. The van der Waals surface area contributed by atoms with Crippen molar-refractivity contribution in [3.05, 3.63) is 89.1 Å². The number of anilines is 1. The number of benzene rings is 2. The van der Waals surface area contributed by atoms with Gasteiger partial charge in [0.15, 0.2) is 11.6 Å². The average Bonchev–Trinajstić information content (AvgIpc) is 3.46. The fourth-order valence-corrected chi connectivity index (χ4v) is 4.50. The number of fused-ring (bicyclic) bond motifs is 1. The van der Waals surface area contributed by atoms with Gasteiger partial charge in [-0.3, -0.25) is 19.0 Å². The molecule has 2 aromatic carbocycles. The van der Waals surface area contributed by atoms with Crippen molar-refractivity contribution in [3.8, 4) is 17.1 Å². The molecule has 1 atom stereocenters. The first-order chi connectivity index (χ1) is 16.5. The number of ketones is 1. The quantitative estimate of drug-likeness (QED) is 0.450. The predicted octanol–water partition coefficient (Wildman–Crippen LogP) is 2.52. The summed E-state index contributed by atoms with van der Waals surface area (Å²) in [5, 5.41) is 0. The third-order valence-corrected chi connectivity index (χ3v) is 6.25. The molecule has 1 amide bonds. The molecule has 2 aromatic rings. The van der Waals surface area contributed by atoms with Crippen LogP contribution >= 0.6 is 0 Å². The fourth-order valence-electron chi connectivity index (χ4n) is 4.50. The lowest BCUT2D eigenvalue weighted by Gasteiger charge is -2.24. The van der Waals surface area contributed by atoms with Gasteiger partial charge < -0.3 is 15.2 Å². The molecule has 1 fully saturated rings. The number of aromatic nitrogens is 3. The van der Waals surface area contributed by atoms with Crippen LogP contribution in [0.1, 0.15) is 18.4 Å². The number of nitrogens with two attached hydrogens (primary N) is 1. The summed E-state index contributed by atoms with van der Waals surface area (Å²) in [4.78, 5) is 45.0. The zero-order valence-corrected chi connectivity index (χ0v) is 18.6. The minimum Gasteiger partial charge on any atom is -0.399 e. The molecule has 3 aliphatic heterocycles. The number of Topliss-reactive ketones (excluding diaryl/α,β-unsaturated/α-hetero) is 1. The Balaban J connectivity index is 1.33. The van der Waals surface area contributed by atoms with E-state index in [1.54, 1.807) is 52.3 Å². The zero-order valence-electron chi connectivity index (χ0n) is 18.6. The van der Waals surface area contributed by atoms with Crippen molar-refractivity contribution in [1.29, 1.82) is 0 Å². The number of nitrogens with zero attached hydrogens (tertiary/aromatic N) is 4. The highest BCUT2D eigenvalue weighted by molar-refractivity contribution is 5.90. The number of nitrogen functional groups attached to an aromatic ring is 1. The summed E-state index contributed by atoms with van der Waals surface area (Å²) in [6.45, 7) is 0.699. The van der Waals surface area contributed by atoms with Crippen LogP contribution in [0.2, 0.25) is 0 Å². The SMILES string of the molecule is Nc1ccc(-c2nc3cn(CC(=O)[C@@H]4CCCN4C(=O)Cc4ccccc4)ccn-3c2=O)cc1. The molecule has 3 aliphatic rings. The van der Waals surface area contributed by atoms with Gasteiger partial charge in [-0.1, -0.05) is 42.5 Å². The van der Waals surface area contributed by atoms with Crippen molar-refractivity contribution in [2.45, 2.75) is 31.8 Å². The van der Waals surface area contributed by atoms with Gasteiger partial charge in [-0.15, -0.1) is 0 Å².